The van der Waals surface area contributed by atoms with Crippen molar-refractivity contribution >= 4 is 40.5 Å². The third-order valence-corrected chi connectivity index (χ3v) is 3.56. The Balaban J connectivity index is 2.26. The number of halogens is 3. The summed E-state index contributed by atoms with van der Waals surface area (Å²) >= 11 is 11.6. The highest BCUT2D eigenvalue weighted by atomic mass is 35.5. The molecule has 0 bridgehead atoms. The van der Waals surface area contributed by atoms with E-state index in [1.54, 1.807) is 19.1 Å². The molecule has 2 aromatic rings. The summed E-state index contributed by atoms with van der Waals surface area (Å²) in [6.45, 7) is 1.55. The second kappa shape index (κ2) is 5.69. The molecule has 20 heavy (non-hydrogen) atoms. The monoisotopic (exact) mass is 312 g/mol. The molecule has 0 aliphatic heterocycles. The lowest BCUT2D eigenvalue weighted by atomic mass is 10.1. The molecule has 0 atom stereocenters. The van der Waals surface area contributed by atoms with Crippen molar-refractivity contribution in [1.29, 1.82) is 0 Å². The minimum atomic E-state index is -0.524. The summed E-state index contributed by atoms with van der Waals surface area (Å²) in [7, 11) is 0. The van der Waals surface area contributed by atoms with Crippen molar-refractivity contribution in [3.05, 3.63) is 57.3 Å². The molecule has 3 N–H and O–H groups in total. The number of hydrogen-bond acceptors (Lipinski definition) is 2. The lowest BCUT2D eigenvalue weighted by molar-refractivity contribution is 0.102. The van der Waals surface area contributed by atoms with Gasteiger partial charge in [0.15, 0.2) is 0 Å². The number of benzene rings is 2. The van der Waals surface area contributed by atoms with Crippen LogP contribution >= 0.6 is 23.2 Å². The Kier molecular flexibility index (Phi) is 4.16. The van der Waals surface area contributed by atoms with Gasteiger partial charge in [0.25, 0.3) is 5.91 Å². The molecule has 2 aromatic carbocycles. The maximum atomic E-state index is 13.6. The molecule has 0 heterocycles. The average Bonchev–Trinajstić information content (AvgIpc) is 2.39. The molecule has 0 aliphatic carbocycles. The Morgan fingerprint density at radius 3 is 2.50 bits per heavy atom. The first-order valence-corrected chi connectivity index (χ1v) is 6.46. The van der Waals surface area contributed by atoms with Crippen molar-refractivity contribution in [2.45, 2.75) is 6.92 Å². The van der Waals surface area contributed by atoms with Crippen LogP contribution < -0.4 is 11.1 Å². The maximum Gasteiger partial charge on any atom is 0.255 e. The molecule has 0 spiro atoms. The molecule has 1 amide bonds. The second-order valence-electron chi connectivity index (χ2n) is 4.26. The van der Waals surface area contributed by atoms with Gasteiger partial charge in [0.1, 0.15) is 5.82 Å². The Morgan fingerprint density at radius 2 is 1.90 bits per heavy atom. The molecule has 0 fully saturated rings. The third-order valence-electron chi connectivity index (χ3n) is 2.82. The lowest BCUT2D eigenvalue weighted by Crippen LogP contribution is -2.13. The zero-order valence-corrected chi connectivity index (χ0v) is 12.0. The Hall–Kier alpha value is -1.78. The fraction of sp³-hybridized carbons (Fsp3) is 0.0714. The van der Waals surface area contributed by atoms with Crippen LogP contribution in [0.5, 0.6) is 0 Å². The SMILES string of the molecule is Cc1c(N)cc(C(=O)Nc2ccc(Cl)c(Cl)c2)cc1F. The zero-order valence-electron chi connectivity index (χ0n) is 10.5. The van der Waals surface area contributed by atoms with E-state index in [1.807, 2.05) is 0 Å². The van der Waals surface area contributed by atoms with Crippen molar-refractivity contribution in [2.75, 3.05) is 11.1 Å². The Labute approximate surface area is 125 Å². The highest BCUT2D eigenvalue weighted by Crippen LogP contribution is 2.25. The standard InChI is InChI=1S/C14H11Cl2FN2O/c1-7-12(17)4-8(5-13(7)18)14(20)19-9-2-3-10(15)11(16)6-9/h2-6H,18H2,1H3,(H,19,20). The molecule has 104 valence electrons. The highest BCUT2D eigenvalue weighted by molar-refractivity contribution is 6.42. The van der Waals surface area contributed by atoms with E-state index in [4.69, 9.17) is 28.9 Å². The second-order valence-corrected chi connectivity index (χ2v) is 5.07. The smallest absolute Gasteiger partial charge is 0.255 e. The lowest BCUT2D eigenvalue weighted by Gasteiger charge is -2.09. The molecule has 3 nitrogen and oxygen atoms in total. The first kappa shape index (κ1) is 14.6. The van der Waals surface area contributed by atoms with Gasteiger partial charge in [-0.15, -0.1) is 0 Å². The van der Waals surface area contributed by atoms with Crippen LogP contribution in [0, 0.1) is 12.7 Å². The van der Waals surface area contributed by atoms with Crippen LogP contribution in [0.1, 0.15) is 15.9 Å². The zero-order chi connectivity index (χ0) is 14.9. The van der Waals surface area contributed by atoms with Gasteiger partial charge in [-0.05, 0) is 37.3 Å². The van der Waals surface area contributed by atoms with Crippen LogP contribution in [0.4, 0.5) is 15.8 Å². The first-order chi connectivity index (χ1) is 9.38. The highest BCUT2D eigenvalue weighted by Gasteiger charge is 2.12. The van der Waals surface area contributed by atoms with E-state index in [0.29, 0.717) is 21.3 Å². The number of amides is 1. The van der Waals surface area contributed by atoms with E-state index in [2.05, 4.69) is 5.32 Å². The average molecular weight is 313 g/mol. The molecule has 0 saturated heterocycles. The quantitative estimate of drug-likeness (QED) is 0.813. The van der Waals surface area contributed by atoms with E-state index < -0.39 is 11.7 Å². The predicted octanol–water partition coefficient (Wildman–Crippen LogP) is 4.28. The van der Waals surface area contributed by atoms with Crippen LogP contribution in [0.2, 0.25) is 10.0 Å². The van der Waals surface area contributed by atoms with E-state index in [-0.39, 0.29) is 11.3 Å². The summed E-state index contributed by atoms with van der Waals surface area (Å²) in [6, 6.07) is 7.23. The van der Waals surface area contributed by atoms with E-state index in [0.717, 1.165) is 6.07 Å². The number of rotatable bonds is 2. The van der Waals surface area contributed by atoms with Crippen molar-refractivity contribution in [1.82, 2.24) is 0 Å². The number of nitrogens with two attached hydrogens (primary N) is 1. The summed E-state index contributed by atoms with van der Waals surface area (Å²) in [5.41, 5.74) is 6.78. The van der Waals surface area contributed by atoms with Crippen LogP contribution in [0.25, 0.3) is 0 Å². The van der Waals surface area contributed by atoms with Gasteiger partial charge < -0.3 is 11.1 Å². The van der Waals surface area contributed by atoms with E-state index in [9.17, 15) is 9.18 Å². The van der Waals surface area contributed by atoms with Gasteiger partial charge in [-0.2, -0.15) is 0 Å². The fourth-order valence-electron chi connectivity index (χ4n) is 1.61. The molecule has 0 unspecified atom stereocenters. The van der Waals surface area contributed by atoms with Crippen molar-refractivity contribution in [2.24, 2.45) is 0 Å². The molecular weight excluding hydrogens is 302 g/mol. The topological polar surface area (TPSA) is 55.1 Å². The van der Waals surface area contributed by atoms with Crippen LogP contribution in [-0.4, -0.2) is 5.91 Å². The van der Waals surface area contributed by atoms with Gasteiger partial charge in [0, 0.05) is 22.5 Å². The third kappa shape index (κ3) is 3.03. The molecular formula is C14H11Cl2FN2O. The number of anilines is 2. The first-order valence-electron chi connectivity index (χ1n) is 5.70. The molecule has 0 aliphatic rings. The van der Waals surface area contributed by atoms with Gasteiger partial charge in [0.2, 0.25) is 0 Å². The number of hydrogen-bond donors (Lipinski definition) is 2. The minimum absolute atomic E-state index is 0.136. The number of nitrogens with one attached hydrogen (secondary N) is 1. The Bertz CT molecular complexity index is 666. The van der Waals surface area contributed by atoms with Crippen molar-refractivity contribution < 1.29 is 9.18 Å². The van der Waals surface area contributed by atoms with Crippen molar-refractivity contribution in [3.63, 3.8) is 0 Å². The molecule has 0 saturated carbocycles. The van der Waals surface area contributed by atoms with Gasteiger partial charge in [-0.25, -0.2) is 4.39 Å². The van der Waals surface area contributed by atoms with Gasteiger partial charge >= 0.3 is 0 Å². The summed E-state index contributed by atoms with van der Waals surface area (Å²) in [5.74, 6) is -1.00. The van der Waals surface area contributed by atoms with Gasteiger partial charge in [-0.3, -0.25) is 4.79 Å². The summed E-state index contributed by atoms with van der Waals surface area (Å²) in [6.07, 6.45) is 0. The van der Waals surface area contributed by atoms with Crippen molar-refractivity contribution in [3.8, 4) is 0 Å². The molecule has 0 radical (unpaired) electrons. The summed E-state index contributed by atoms with van der Waals surface area (Å²) in [5, 5.41) is 3.30. The number of nitrogen functional groups attached to an aromatic ring is 1. The number of carbonyl (C=O) groups is 1. The van der Waals surface area contributed by atoms with E-state index in [1.165, 1.54) is 12.1 Å². The van der Waals surface area contributed by atoms with Gasteiger partial charge in [0.05, 0.1) is 10.0 Å². The largest absolute Gasteiger partial charge is 0.398 e. The van der Waals surface area contributed by atoms with Crippen LogP contribution in [-0.2, 0) is 0 Å². The minimum Gasteiger partial charge on any atom is -0.398 e. The molecule has 6 heteroatoms. The van der Waals surface area contributed by atoms with Crippen LogP contribution in [0.15, 0.2) is 30.3 Å². The normalized spacial score (nSPS) is 10.4. The van der Waals surface area contributed by atoms with Crippen LogP contribution in [0.3, 0.4) is 0 Å². The fourth-order valence-corrected chi connectivity index (χ4v) is 1.91. The molecule has 2 rings (SSSR count). The van der Waals surface area contributed by atoms with Gasteiger partial charge in [-0.1, -0.05) is 23.2 Å². The predicted molar refractivity (Wildman–Crippen MR) is 80.0 cm³/mol. The van der Waals surface area contributed by atoms with E-state index >= 15 is 0 Å². The maximum absolute atomic E-state index is 13.6. The number of carbonyl (C=O) groups excluding carboxylic acids is 1. The summed E-state index contributed by atoms with van der Waals surface area (Å²) < 4.78 is 13.6. The Morgan fingerprint density at radius 1 is 1.20 bits per heavy atom. The summed E-state index contributed by atoms with van der Waals surface area (Å²) in [4.78, 5) is 12.0. The molecule has 0 aromatic heterocycles.